The van der Waals surface area contributed by atoms with E-state index in [0.29, 0.717) is 11.6 Å². The molecule has 2 aromatic carbocycles. The van der Waals surface area contributed by atoms with Gasteiger partial charge < -0.3 is 14.8 Å². The van der Waals surface area contributed by atoms with Crippen LogP contribution in [0.5, 0.6) is 11.5 Å². The number of ether oxygens (including phenoxy) is 2. The quantitative estimate of drug-likeness (QED) is 0.564. The summed E-state index contributed by atoms with van der Waals surface area (Å²) in [5.41, 5.74) is 2.46. The van der Waals surface area contributed by atoms with Crippen LogP contribution in [0.4, 0.5) is 11.5 Å². The topological polar surface area (TPSA) is 73.3 Å². The zero-order valence-corrected chi connectivity index (χ0v) is 13.9. The number of methoxy groups -OCH3 is 1. The highest BCUT2D eigenvalue weighted by atomic mass is 16.5. The van der Waals surface area contributed by atoms with E-state index in [1.165, 1.54) is 13.3 Å². The number of rotatable bonds is 5. The van der Waals surface area contributed by atoms with Crippen LogP contribution in [0.25, 0.3) is 11.3 Å². The van der Waals surface area contributed by atoms with Crippen molar-refractivity contribution in [1.29, 1.82) is 0 Å². The van der Waals surface area contributed by atoms with Gasteiger partial charge in [0.1, 0.15) is 23.6 Å². The summed E-state index contributed by atoms with van der Waals surface area (Å²) in [6.07, 6.45) is 1.49. The fourth-order valence-electron chi connectivity index (χ4n) is 2.33. The van der Waals surface area contributed by atoms with Gasteiger partial charge in [-0.2, -0.15) is 0 Å². The zero-order valence-electron chi connectivity index (χ0n) is 13.9. The van der Waals surface area contributed by atoms with Crippen LogP contribution >= 0.6 is 0 Å². The maximum absolute atomic E-state index is 11.0. The molecule has 126 valence electrons. The molecule has 0 bridgehead atoms. The van der Waals surface area contributed by atoms with Crippen molar-refractivity contribution in [3.05, 3.63) is 60.9 Å². The Morgan fingerprint density at radius 1 is 1.04 bits per heavy atom. The van der Waals surface area contributed by atoms with E-state index < -0.39 is 0 Å². The first-order chi connectivity index (χ1) is 12.2. The number of esters is 1. The highest BCUT2D eigenvalue weighted by Gasteiger charge is 2.06. The van der Waals surface area contributed by atoms with Crippen molar-refractivity contribution in [3.63, 3.8) is 0 Å². The van der Waals surface area contributed by atoms with Crippen molar-refractivity contribution in [1.82, 2.24) is 9.97 Å². The van der Waals surface area contributed by atoms with E-state index in [2.05, 4.69) is 15.3 Å². The number of nitrogens with zero attached hydrogens (tertiary/aromatic N) is 2. The lowest BCUT2D eigenvalue weighted by Gasteiger charge is -2.11. The van der Waals surface area contributed by atoms with Gasteiger partial charge in [-0.05, 0) is 36.4 Å². The third-order valence-electron chi connectivity index (χ3n) is 3.45. The molecule has 3 aromatic rings. The average molecular weight is 335 g/mol. The first-order valence-corrected chi connectivity index (χ1v) is 7.66. The van der Waals surface area contributed by atoms with Gasteiger partial charge in [0.15, 0.2) is 0 Å². The van der Waals surface area contributed by atoms with Crippen LogP contribution in [0.3, 0.4) is 0 Å². The summed E-state index contributed by atoms with van der Waals surface area (Å²) in [5, 5.41) is 3.23. The molecule has 3 rings (SSSR count). The lowest BCUT2D eigenvalue weighted by atomic mass is 10.1. The van der Waals surface area contributed by atoms with Gasteiger partial charge in [0, 0.05) is 18.6 Å². The number of hydrogen-bond acceptors (Lipinski definition) is 6. The number of carbonyl (C=O) groups excluding carboxylic acids is 1. The van der Waals surface area contributed by atoms with Crippen LogP contribution in [0.1, 0.15) is 6.92 Å². The normalized spacial score (nSPS) is 10.2. The van der Waals surface area contributed by atoms with E-state index in [0.717, 1.165) is 22.7 Å². The Bertz CT molecular complexity index is 879. The van der Waals surface area contributed by atoms with Crippen LogP contribution in [-0.2, 0) is 4.79 Å². The van der Waals surface area contributed by atoms with Gasteiger partial charge in [0.2, 0.25) is 0 Å². The van der Waals surface area contributed by atoms with Crippen molar-refractivity contribution in [2.45, 2.75) is 6.92 Å². The fourth-order valence-corrected chi connectivity index (χ4v) is 2.33. The van der Waals surface area contributed by atoms with E-state index in [-0.39, 0.29) is 5.97 Å². The second-order valence-corrected chi connectivity index (χ2v) is 5.23. The number of anilines is 2. The average Bonchev–Trinajstić information content (AvgIpc) is 2.62. The second kappa shape index (κ2) is 7.44. The van der Waals surface area contributed by atoms with E-state index >= 15 is 0 Å². The molecule has 0 amide bonds. The Morgan fingerprint density at radius 3 is 2.52 bits per heavy atom. The number of hydrogen-bond donors (Lipinski definition) is 1. The third kappa shape index (κ3) is 4.11. The predicted octanol–water partition coefficient (Wildman–Crippen LogP) is 3.82. The molecule has 0 saturated carbocycles. The van der Waals surface area contributed by atoms with Crippen molar-refractivity contribution in [2.24, 2.45) is 0 Å². The first kappa shape index (κ1) is 16.4. The van der Waals surface area contributed by atoms with Gasteiger partial charge in [-0.1, -0.05) is 12.1 Å². The molecule has 1 N–H and O–H groups in total. The number of nitrogens with one attached hydrogen (secondary N) is 1. The Morgan fingerprint density at radius 2 is 1.80 bits per heavy atom. The lowest BCUT2D eigenvalue weighted by molar-refractivity contribution is -0.131. The SMILES string of the molecule is COc1ccccc1Nc1cc(-c2ccc(OC(C)=O)cc2)ncn1. The molecule has 0 atom stereocenters. The number of aromatic nitrogens is 2. The summed E-state index contributed by atoms with van der Waals surface area (Å²) >= 11 is 0. The molecule has 0 aliphatic rings. The second-order valence-electron chi connectivity index (χ2n) is 5.23. The standard InChI is InChI=1S/C19H17N3O3/c1-13(23)25-15-9-7-14(8-10-15)17-11-19(21-12-20-17)22-16-5-3-4-6-18(16)24-2/h3-12H,1-2H3,(H,20,21,22). The molecule has 0 radical (unpaired) electrons. The van der Waals surface area contributed by atoms with Crippen molar-refractivity contribution >= 4 is 17.5 Å². The smallest absolute Gasteiger partial charge is 0.308 e. The molecule has 0 fully saturated rings. The summed E-state index contributed by atoms with van der Waals surface area (Å²) in [6, 6.07) is 16.6. The Hall–Kier alpha value is -3.41. The number of para-hydroxylation sites is 2. The van der Waals surface area contributed by atoms with Gasteiger partial charge in [-0.3, -0.25) is 4.79 Å². The van der Waals surface area contributed by atoms with E-state index in [1.54, 1.807) is 19.2 Å². The molecule has 1 aromatic heterocycles. The van der Waals surface area contributed by atoms with Gasteiger partial charge in [-0.25, -0.2) is 9.97 Å². The monoisotopic (exact) mass is 335 g/mol. The predicted molar refractivity (Wildman–Crippen MR) is 95.1 cm³/mol. The van der Waals surface area contributed by atoms with Gasteiger partial charge in [-0.15, -0.1) is 0 Å². The fraction of sp³-hybridized carbons (Fsp3) is 0.105. The summed E-state index contributed by atoms with van der Waals surface area (Å²) in [7, 11) is 1.62. The van der Waals surface area contributed by atoms with E-state index in [9.17, 15) is 4.79 Å². The van der Waals surface area contributed by atoms with Crippen LogP contribution in [0.15, 0.2) is 60.9 Å². The van der Waals surface area contributed by atoms with Crippen LogP contribution < -0.4 is 14.8 Å². The Labute approximate surface area is 145 Å². The summed E-state index contributed by atoms with van der Waals surface area (Å²) < 4.78 is 10.4. The molecule has 25 heavy (non-hydrogen) atoms. The minimum atomic E-state index is -0.349. The summed E-state index contributed by atoms with van der Waals surface area (Å²) in [5.74, 6) is 1.53. The summed E-state index contributed by atoms with van der Waals surface area (Å²) in [6.45, 7) is 1.37. The van der Waals surface area contributed by atoms with Crippen LogP contribution in [-0.4, -0.2) is 23.0 Å². The zero-order chi connectivity index (χ0) is 17.6. The molecule has 0 unspecified atom stereocenters. The Balaban J connectivity index is 1.83. The highest BCUT2D eigenvalue weighted by molar-refractivity contribution is 5.71. The maximum atomic E-state index is 11.0. The highest BCUT2D eigenvalue weighted by Crippen LogP contribution is 2.28. The minimum absolute atomic E-state index is 0.349. The molecule has 0 aliphatic heterocycles. The van der Waals surface area contributed by atoms with Crippen molar-refractivity contribution < 1.29 is 14.3 Å². The number of benzene rings is 2. The van der Waals surface area contributed by atoms with E-state index in [1.807, 2.05) is 42.5 Å². The van der Waals surface area contributed by atoms with Crippen LogP contribution in [0.2, 0.25) is 0 Å². The molecular formula is C19H17N3O3. The van der Waals surface area contributed by atoms with Gasteiger partial charge in [0.25, 0.3) is 0 Å². The third-order valence-corrected chi connectivity index (χ3v) is 3.45. The first-order valence-electron chi connectivity index (χ1n) is 7.66. The molecule has 1 heterocycles. The lowest BCUT2D eigenvalue weighted by Crippen LogP contribution is -2.01. The Kier molecular flexibility index (Phi) is 4.89. The minimum Gasteiger partial charge on any atom is -0.495 e. The van der Waals surface area contributed by atoms with Gasteiger partial charge >= 0.3 is 5.97 Å². The number of carbonyl (C=O) groups is 1. The van der Waals surface area contributed by atoms with E-state index in [4.69, 9.17) is 9.47 Å². The molecule has 6 nitrogen and oxygen atoms in total. The largest absolute Gasteiger partial charge is 0.495 e. The van der Waals surface area contributed by atoms with Crippen molar-refractivity contribution in [3.8, 4) is 22.8 Å². The van der Waals surface area contributed by atoms with Gasteiger partial charge in [0.05, 0.1) is 18.5 Å². The van der Waals surface area contributed by atoms with Crippen LogP contribution in [0, 0.1) is 0 Å². The van der Waals surface area contributed by atoms with Crippen molar-refractivity contribution in [2.75, 3.05) is 12.4 Å². The maximum Gasteiger partial charge on any atom is 0.308 e. The molecular weight excluding hydrogens is 318 g/mol. The molecule has 0 aliphatic carbocycles. The molecule has 0 spiro atoms. The molecule has 6 heteroatoms. The molecule has 0 saturated heterocycles. The summed E-state index contributed by atoms with van der Waals surface area (Å²) in [4.78, 5) is 19.5.